The van der Waals surface area contributed by atoms with E-state index in [2.05, 4.69) is 5.92 Å². The first kappa shape index (κ1) is 11.0. The van der Waals surface area contributed by atoms with Crippen LogP contribution in [0.3, 0.4) is 0 Å². The van der Waals surface area contributed by atoms with Crippen LogP contribution in [0.1, 0.15) is 39.0 Å². The smallest absolute Gasteiger partial charge is 0.305 e. The van der Waals surface area contributed by atoms with Gasteiger partial charge in [0.25, 0.3) is 0 Å². The SMILES string of the molecule is C#CCCCCC(=O)OCCC. The van der Waals surface area contributed by atoms with Crippen LogP contribution in [0.25, 0.3) is 0 Å². The maximum absolute atomic E-state index is 10.9. The second-order valence-electron chi connectivity index (χ2n) is 2.63. The fourth-order valence-corrected chi connectivity index (χ4v) is 0.784. The van der Waals surface area contributed by atoms with E-state index in [1.54, 1.807) is 0 Å². The molecule has 0 radical (unpaired) electrons. The van der Waals surface area contributed by atoms with Gasteiger partial charge < -0.3 is 4.74 Å². The molecule has 0 aromatic carbocycles. The zero-order chi connectivity index (χ0) is 9.23. The van der Waals surface area contributed by atoms with Crippen LogP contribution in [0.2, 0.25) is 0 Å². The van der Waals surface area contributed by atoms with E-state index in [4.69, 9.17) is 11.2 Å². The van der Waals surface area contributed by atoms with Gasteiger partial charge in [-0.3, -0.25) is 4.79 Å². The molecule has 0 aliphatic carbocycles. The first-order valence-electron chi connectivity index (χ1n) is 4.40. The molecule has 0 atom stereocenters. The third kappa shape index (κ3) is 7.14. The van der Waals surface area contributed by atoms with E-state index < -0.39 is 0 Å². The minimum Gasteiger partial charge on any atom is -0.466 e. The van der Waals surface area contributed by atoms with Gasteiger partial charge in [-0.25, -0.2) is 0 Å². The fraction of sp³-hybridized carbons (Fsp3) is 0.700. The lowest BCUT2D eigenvalue weighted by atomic mass is 10.2. The van der Waals surface area contributed by atoms with Crippen molar-refractivity contribution in [1.82, 2.24) is 0 Å². The van der Waals surface area contributed by atoms with Crippen LogP contribution in [0.5, 0.6) is 0 Å². The molecule has 2 heteroatoms. The molecule has 12 heavy (non-hydrogen) atoms. The van der Waals surface area contributed by atoms with Crippen molar-refractivity contribution in [3.05, 3.63) is 0 Å². The van der Waals surface area contributed by atoms with Gasteiger partial charge in [0.15, 0.2) is 0 Å². The highest BCUT2D eigenvalue weighted by Gasteiger charge is 2.00. The summed E-state index contributed by atoms with van der Waals surface area (Å²) >= 11 is 0. The highest BCUT2D eigenvalue weighted by atomic mass is 16.5. The molecular weight excluding hydrogens is 152 g/mol. The molecule has 0 aromatic heterocycles. The molecule has 0 amide bonds. The van der Waals surface area contributed by atoms with Gasteiger partial charge in [-0.2, -0.15) is 0 Å². The standard InChI is InChI=1S/C10H16O2/c1-3-5-6-7-8-10(11)12-9-4-2/h1H,4-9H2,2H3. The van der Waals surface area contributed by atoms with Crippen molar-refractivity contribution >= 4 is 5.97 Å². The molecule has 0 aromatic rings. The predicted octanol–water partition coefficient (Wildman–Crippen LogP) is 2.13. The van der Waals surface area contributed by atoms with Crippen molar-refractivity contribution in [2.75, 3.05) is 6.61 Å². The van der Waals surface area contributed by atoms with E-state index in [1.807, 2.05) is 6.92 Å². The van der Waals surface area contributed by atoms with Gasteiger partial charge >= 0.3 is 5.97 Å². The second kappa shape index (κ2) is 8.13. The molecular formula is C10H16O2. The summed E-state index contributed by atoms with van der Waals surface area (Å²) in [4.78, 5) is 10.9. The van der Waals surface area contributed by atoms with Crippen LogP contribution in [-0.4, -0.2) is 12.6 Å². The normalized spacial score (nSPS) is 9.00. The second-order valence-corrected chi connectivity index (χ2v) is 2.63. The van der Waals surface area contributed by atoms with Gasteiger partial charge in [-0.05, 0) is 19.3 Å². The van der Waals surface area contributed by atoms with Crippen molar-refractivity contribution in [2.45, 2.75) is 39.0 Å². The summed E-state index contributed by atoms with van der Waals surface area (Å²) in [5.74, 6) is 2.43. The first-order chi connectivity index (χ1) is 5.81. The fourth-order valence-electron chi connectivity index (χ4n) is 0.784. The number of hydrogen-bond acceptors (Lipinski definition) is 2. The van der Waals surface area contributed by atoms with E-state index >= 15 is 0 Å². The summed E-state index contributed by atoms with van der Waals surface area (Å²) in [7, 11) is 0. The maximum atomic E-state index is 10.9. The van der Waals surface area contributed by atoms with E-state index in [0.29, 0.717) is 13.0 Å². The van der Waals surface area contributed by atoms with Crippen LogP contribution in [0.15, 0.2) is 0 Å². The lowest BCUT2D eigenvalue weighted by molar-refractivity contribution is -0.143. The third-order valence-electron chi connectivity index (χ3n) is 1.42. The predicted molar refractivity (Wildman–Crippen MR) is 48.6 cm³/mol. The Bertz CT molecular complexity index is 156. The topological polar surface area (TPSA) is 26.3 Å². The molecule has 0 heterocycles. The molecule has 68 valence electrons. The zero-order valence-electron chi connectivity index (χ0n) is 7.64. The summed E-state index contributed by atoms with van der Waals surface area (Å²) in [6.07, 6.45) is 8.95. The summed E-state index contributed by atoms with van der Waals surface area (Å²) < 4.78 is 4.88. The average molecular weight is 168 g/mol. The number of ether oxygens (including phenoxy) is 1. The monoisotopic (exact) mass is 168 g/mol. The number of unbranched alkanes of at least 4 members (excludes halogenated alkanes) is 2. The molecule has 0 aliphatic heterocycles. The van der Waals surface area contributed by atoms with Gasteiger partial charge in [-0.1, -0.05) is 6.92 Å². The number of carbonyl (C=O) groups is 1. The Morgan fingerprint density at radius 1 is 1.50 bits per heavy atom. The van der Waals surface area contributed by atoms with Crippen molar-refractivity contribution in [2.24, 2.45) is 0 Å². The molecule has 0 bridgehead atoms. The van der Waals surface area contributed by atoms with E-state index in [0.717, 1.165) is 25.7 Å². The van der Waals surface area contributed by atoms with Crippen LogP contribution in [-0.2, 0) is 9.53 Å². The first-order valence-corrected chi connectivity index (χ1v) is 4.40. The summed E-state index contributed by atoms with van der Waals surface area (Å²) in [6, 6.07) is 0. The van der Waals surface area contributed by atoms with Crippen LogP contribution >= 0.6 is 0 Å². The quantitative estimate of drug-likeness (QED) is 0.345. The van der Waals surface area contributed by atoms with Crippen molar-refractivity contribution in [3.8, 4) is 12.3 Å². The summed E-state index contributed by atoms with van der Waals surface area (Å²) in [5, 5.41) is 0. The molecule has 0 fully saturated rings. The average Bonchev–Trinajstić information content (AvgIpc) is 2.09. The minimum atomic E-state index is -0.103. The highest BCUT2D eigenvalue weighted by Crippen LogP contribution is 2.00. The number of carbonyl (C=O) groups excluding carboxylic acids is 1. The van der Waals surface area contributed by atoms with Crippen molar-refractivity contribution in [3.63, 3.8) is 0 Å². The number of hydrogen-bond donors (Lipinski definition) is 0. The van der Waals surface area contributed by atoms with Gasteiger partial charge in [0, 0.05) is 12.8 Å². The lowest BCUT2D eigenvalue weighted by Crippen LogP contribution is -2.04. The molecule has 0 rings (SSSR count). The number of esters is 1. The van der Waals surface area contributed by atoms with Gasteiger partial charge in [0.05, 0.1) is 6.61 Å². The largest absolute Gasteiger partial charge is 0.466 e. The molecule has 2 nitrogen and oxygen atoms in total. The van der Waals surface area contributed by atoms with E-state index in [9.17, 15) is 4.79 Å². The van der Waals surface area contributed by atoms with Crippen molar-refractivity contribution in [1.29, 1.82) is 0 Å². The molecule has 0 aliphatic rings. The van der Waals surface area contributed by atoms with Crippen LogP contribution in [0, 0.1) is 12.3 Å². The molecule has 0 unspecified atom stereocenters. The molecule has 0 saturated carbocycles. The Kier molecular flexibility index (Phi) is 7.47. The third-order valence-corrected chi connectivity index (χ3v) is 1.42. The summed E-state index contributed by atoms with van der Waals surface area (Å²) in [5.41, 5.74) is 0. The van der Waals surface area contributed by atoms with Crippen LogP contribution < -0.4 is 0 Å². The Morgan fingerprint density at radius 3 is 2.83 bits per heavy atom. The van der Waals surface area contributed by atoms with Gasteiger partial charge in [0.2, 0.25) is 0 Å². The molecule has 0 N–H and O–H groups in total. The summed E-state index contributed by atoms with van der Waals surface area (Å²) in [6.45, 7) is 2.51. The van der Waals surface area contributed by atoms with Gasteiger partial charge in [0.1, 0.15) is 0 Å². The molecule has 0 saturated heterocycles. The number of terminal acetylenes is 1. The van der Waals surface area contributed by atoms with E-state index in [1.165, 1.54) is 0 Å². The molecule has 0 spiro atoms. The van der Waals surface area contributed by atoms with Crippen molar-refractivity contribution < 1.29 is 9.53 Å². The Balaban J connectivity index is 3.15. The maximum Gasteiger partial charge on any atom is 0.305 e. The highest BCUT2D eigenvalue weighted by molar-refractivity contribution is 5.69. The minimum absolute atomic E-state index is 0.103. The lowest BCUT2D eigenvalue weighted by Gasteiger charge is -2.01. The Hall–Kier alpha value is -0.970. The van der Waals surface area contributed by atoms with Gasteiger partial charge in [-0.15, -0.1) is 12.3 Å². The van der Waals surface area contributed by atoms with E-state index in [-0.39, 0.29) is 5.97 Å². The van der Waals surface area contributed by atoms with Crippen LogP contribution in [0.4, 0.5) is 0 Å². The zero-order valence-corrected chi connectivity index (χ0v) is 7.64. The number of rotatable bonds is 6. The Labute approximate surface area is 74.3 Å². The Morgan fingerprint density at radius 2 is 2.25 bits per heavy atom.